The van der Waals surface area contributed by atoms with Crippen LogP contribution in [0.1, 0.15) is 0 Å². The Morgan fingerprint density at radius 3 is 1.35 bits per heavy atom. The van der Waals surface area contributed by atoms with Crippen LogP contribution >= 0.6 is 10.0 Å². The van der Waals surface area contributed by atoms with Gasteiger partial charge in [0.05, 0.1) is 5.69 Å². The summed E-state index contributed by atoms with van der Waals surface area (Å²) < 4.78 is 0. The molecule has 0 fully saturated rings. The Balaban J connectivity index is 1.13. The van der Waals surface area contributed by atoms with E-state index in [9.17, 15) is 0 Å². The van der Waals surface area contributed by atoms with Gasteiger partial charge in [0.2, 0.25) is 0 Å². The Kier molecular flexibility index (Phi) is 10.0. The molecule has 0 saturated carbocycles. The Bertz CT molecular complexity index is 3650. The third kappa shape index (κ3) is 6.43. The predicted molar refractivity (Wildman–Crippen MR) is 303 cm³/mol. The van der Waals surface area contributed by atoms with Crippen molar-refractivity contribution in [2.45, 2.75) is 19.6 Å². The Labute approximate surface area is 423 Å². The number of rotatable bonds is 9. The van der Waals surface area contributed by atoms with Crippen LogP contribution in [0.25, 0.3) is 11.1 Å². The zero-order valence-corrected chi connectivity index (χ0v) is 40.2. The Morgan fingerprint density at radius 1 is 0.319 bits per heavy atom. The van der Waals surface area contributed by atoms with Crippen molar-refractivity contribution in [2.24, 2.45) is 0 Å². The fourth-order valence-electron chi connectivity index (χ4n) is 11.7. The van der Waals surface area contributed by atoms with E-state index in [1.54, 1.807) is 0 Å². The van der Waals surface area contributed by atoms with Crippen LogP contribution in [0, 0.1) is 0 Å². The SMILES string of the molecule is c1ccc(N(c2ccccc2)c2ccc3c(c2)B2c4c(cc(N(c5ccccc5)c5ccccc5)cc4N3c3ccccc3)-c3cccc4c3N2c2ccccc2S4(c2ccccc2)c2ccccc2)cc1. The Morgan fingerprint density at radius 2 is 0.792 bits per heavy atom. The quantitative estimate of drug-likeness (QED) is 0.134. The predicted octanol–water partition coefficient (Wildman–Crippen LogP) is 17.0. The highest BCUT2D eigenvalue weighted by Crippen LogP contribution is 2.80. The minimum absolute atomic E-state index is 0.215. The lowest BCUT2D eigenvalue weighted by Crippen LogP contribution is -2.62. The van der Waals surface area contributed by atoms with Crippen molar-refractivity contribution in [1.82, 2.24) is 0 Å². The second kappa shape index (κ2) is 17.2. The van der Waals surface area contributed by atoms with Crippen LogP contribution in [0.4, 0.5) is 62.6 Å². The molecule has 11 aromatic carbocycles. The van der Waals surface area contributed by atoms with Crippen LogP contribution in [0.3, 0.4) is 0 Å². The summed E-state index contributed by atoms with van der Waals surface area (Å²) in [4.78, 5) is 15.4. The molecule has 340 valence electrons. The first-order valence-electron chi connectivity index (χ1n) is 24.7. The van der Waals surface area contributed by atoms with Gasteiger partial charge < -0.3 is 19.5 Å². The van der Waals surface area contributed by atoms with Gasteiger partial charge in [0.1, 0.15) is 0 Å². The number of hydrogen-bond donors (Lipinski definition) is 0. The first kappa shape index (κ1) is 42.0. The van der Waals surface area contributed by atoms with Gasteiger partial charge in [-0.15, -0.1) is 10.0 Å². The zero-order valence-electron chi connectivity index (χ0n) is 39.4. The average Bonchev–Trinajstić information content (AvgIpc) is 3.46. The molecule has 0 saturated heterocycles. The number of hydrogen-bond acceptors (Lipinski definition) is 4. The molecular formula is C66H47BN4S. The molecule has 0 N–H and O–H groups in total. The number of para-hydroxylation sites is 7. The third-order valence-electron chi connectivity index (χ3n) is 14.6. The molecule has 0 atom stereocenters. The van der Waals surface area contributed by atoms with Gasteiger partial charge in [0.25, 0.3) is 0 Å². The third-order valence-corrected chi connectivity index (χ3v) is 18.5. The van der Waals surface area contributed by atoms with E-state index in [4.69, 9.17) is 0 Å². The standard InChI is InChI=1S/C66H47BN4S/c1-8-25-48(26-9-1)68(49-27-10-2-11-28-49)53-43-44-60-59(46-53)67-65-58(45-54(47-62(65)70(60)52-33-16-5-17-34-52)69(50-29-12-3-13-30-50)51-31-14-4-15-32-51)57-39-24-42-64-66(57)71(67)61-40-22-23-41-63(61)72(64,55-35-18-6-19-36-55)56-37-20-7-21-38-56/h1-47H. The van der Waals surface area contributed by atoms with Gasteiger partial charge in [-0.1, -0.05) is 152 Å². The van der Waals surface area contributed by atoms with Gasteiger partial charge in [0, 0.05) is 82.0 Å². The number of anilines is 11. The maximum atomic E-state index is 2.73. The Hall–Kier alpha value is -8.97. The molecular weight excluding hydrogens is 892 g/mol. The van der Waals surface area contributed by atoms with Crippen LogP contribution < -0.4 is 30.4 Å². The molecule has 3 aliphatic rings. The van der Waals surface area contributed by atoms with Crippen molar-refractivity contribution in [3.8, 4) is 11.1 Å². The van der Waals surface area contributed by atoms with Gasteiger partial charge in [-0.25, -0.2) is 0 Å². The van der Waals surface area contributed by atoms with Gasteiger partial charge in [0.15, 0.2) is 0 Å². The van der Waals surface area contributed by atoms with E-state index in [0.29, 0.717) is 0 Å². The van der Waals surface area contributed by atoms with Gasteiger partial charge in [-0.3, -0.25) is 0 Å². The van der Waals surface area contributed by atoms with E-state index in [1.807, 2.05) is 0 Å². The van der Waals surface area contributed by atoms with E-state index in [-0.39, 0.29) is 6.85 Å². The van der Waals surface area contributed by atoms with E-state index in [0.717, 1.165) is 51.2 Å². The molecule has 0 spiro atoms. The highest BCUT2D eigenvalue weighted by Gasteiger charge is 2.52. The maximum Gasteiger partial charge on any atom is 0.333 e. The van der Waals surface area contributed by atoms with Gasteiger partial charge in [-0.05, 0) is 150 Å². The van der Waals surface area contributed by atoms with E-state index in [1.165, 1.54) is 53.0 Å². The van der Waals surface area contributed by atoms with Crippen molar-refractivity contribution in [1.29, 1.82) is 0 Å². The lowest BCUT2D eigenvalue weighted by molar-refractivity contribution is 1.15. The number of benzene rings is 11. The highest BCUT2D eigenvalue weighted by molar-refractivity contribution is 8.34. The summed E-state index contributed by atoms with van der Waals surface area (Å²) in [6, 6.07) is 105. The molecule has 3 heterocycles. The van der Waals surface area contributed by atoms with Crippen LogP contribution in [-0.4, -0.2) is 6.85 Å². The van der Waals surface area contributed by atoms with E-state index >= 15 is 0 Å². The lowest BCUT2D eigenvalue weighted by Gasteiger charge is -2.55. The zero-order chi connectivity index (χ0) is 47.6. The van der Waals surface area contributed by atoms with E-state index in [2.05, 4.69) is 305 Å². The highest BCUT2D eigenvalue weighted by atomic mass is 32.3. The smallest absolute Gasteiger partial charge is 0.333 e. The average molecular weight is 939 g/mol. The summed E-state index contributed by atoms with van der Waals surface area (Å²) in [5.41, 5.74) is 17.4. The van der Waals surface area contributed by atoms with Crippen molar-refractivity contribution in [3.63, 3.8) is 0 Å². The molecule has 14 rings (SSSR count). The first-order valence-corrected chi connectivity index (χ1v) is 26.3. The summed E-state index contributed by atoms with van der Waals surface area (Å²) in [5, 5.41) is 0. The summed E-state index contributed by atoms with van der Waals surface area (Å²) in [7, 11) is -2.04. The maximum absolute atomic E-state index is 2.73. The van der Waals surface area contributed by atoms with Crippen LogP contribution in [0.15, 0.2) is 305 Å². The molecule has 0 aromatic heterocycles. The molecule has 0 unspecified atom stereocenters. The second-order valence-corrected chi connectivity index (χ2v) is 21.5. The molecule has 3 aliphatic heterocycles. The number of fused-ring (bicyclic) bond motifs is 6. The van der Waals surface area contributed by atoms with Crippen LogP contribution in [0.2, 0.25) is 0 Å². The largest absolute Gasteiger partial charge is 0.375 e. The molecule has 11 aromatic rings. The fraction of sp³-hybridized carbons (Fsp3) is 0. The minimum Gasteiger partial charge on any atom is -0.375 e. The normalized spacial score (nSPS) is 13.8. The van der Waals surface area contributed by atoms with Crippen molar-refractivity contribution >= 4 is 90.4 Å². The van der Waals surface area contributed by atoms with E-state index < -0.39 is 10.0 Å². The van der Waals surface area contributed by atoms with Crippen molar-refractivity contribution < 1.29 is 0 Å². The monoisotopic (exact) mass is 938 g/mol. The molecule has 4 nitrogen and oxygen atoms in total. The summed E-state index contributed by atoms with van der Waals surface area (Å²) in [5.74, 6) is 0. The molecule has 0 aliphatic carbocycles. The molecule has 72 heavy (non-hydrogen) atoms. The summed E-state index contributed by atoms with van der Waals surface area (Å²) in [6.07, 6.45) is 0. The summed E-state index contributed by atoms with van der Waals surface area (Å²) in [6.45, 7) is -0.215. The molecule has 0 radical (unpaired) electrons. The van der Waals surface area contributed by atoms with Crippen LogP contribution in [0.5, 0.6) is 0 Å². The second-order valence-electron chi connectivity index (χ2n) is 18.5. The molecule has 0 bridgehead atoms. The minimum atomic E-state index is -2.04. The number of nitrogens with zero attached hydrogens (tertiary/aromatic N) is 4. The van der Waals surface area contributed by atoms with Gasteiger partial charge >= 0.3 is 6.85 Å². The first-order chi connectivity index (χ1) is 35.8. The summed E-state index contributed by atoms with van der Waals surface area (Å²) >= 11 is 0. The molecule has 6 heteroatoms. The fourth-order valence-corrected chi connectivity index (χ4v) is 15.9. The lowest BCUT2D eigenvalue weighted by atomic mass is 9.43. The molecule has 0 amide bonds. The van der Waals surface area contributed by atoms with Crippen molar-refractivity contribution in [3.05, 3.63) is 285 Å². The van der Waals surface area contributed by atoms with Crippen LogP contribution in [-0.2, 0) is 0 Å². The topological polar surface area (TPSA) is 13.0 Å². The van der Waals surface area contributed by atoms with Gasteiger partial charge in [-0.2, -0.15) is 0 Å². The van der Waals surface area contributed by atoms with Crippen molar-refractivity contribution in [2.75, 3.05) is 19.5 Å².